The van der Waals surface area contributed by atoms with Gasteiger partial charge < -0.3 is 0 Å². The maximum atomic E-state index is 11.8. The summed E-state index contributed by atoms with van der Waals surface area (Å²) in [6.45, 7) is 0.688. The van der Waals surface area contributed by atoms with E-state index in [0.29, 0.717) is 24.7 Å². The number of hydrogen-bond donors (Lipinski definition) is 0. The van der Waals surface area contributed by atoms with Gasteiger partial charge in [0.05, 0.1) is 3.57 Å². The molecule has 2 heterocycles. The van der Waals surface area contributed by atoms with Crippen LogP contribution < -0.4 is 4.90 Å². The number of aromatic nitrogens is 2. The Morgan fingerprint density at radius 3 is 3.06 bits per heavy atom. The van der Waals surface area contributed by atoms with Crippen molar-refractivity contribution in [1.29, 1.82) is 0 Å². The predicted octanol–water partition coefficient (Wildman–Crippen LogP) is 2.48. The molecule has 2 rings (SSSR count). The van der Waals surface area contributed by atoms with Gasteiger partial charge in [-0.15, -0.1) is 0 Å². The van der Waals surface area contributed by atoms with Crippen LogP contribution in [0.2, 0.25) is 5.28 Å². The van der Waals surface area contributed by atoms with Crippen LogP contribution in [0.5, 0.6) is 0 Å². The van der Waals surface area contributed by atoms with Crippen LogP contribution in [0.4, 0.5) is 5.82 Å². The highest BCUT2D eigenvalue weighted by molar-refractivity contribution is 14.1. The Morgan fingerprint density at radius 1 is 1.69 bits per heavy atom. The minimum atomic E-state index is 0.0946. The lowest BCUT2D eigenvalue weighted by Gasteiger charge is -2.16. The number of alkyl halides is 1. The zero-order chi connectivity index (χ0) is 11.7. The van der Waals surface area contributed by atoms with Crippen LogP contribution in [0.15, 0.2) is 6.20 Å². The third-order valence-corrected chi connectivity index (χ3v) is 4.23. The molecule has 1 aliphatic heterocycles. The first-order chi connectivity index (χ1) is 7.61. The number of halogens is 3. The van der Waals surface area contributed by atoms with Gasteiger partial charge in [0.25, 0.3) is 0 Å². The molecular weight excluding hydrogens is 408 g/mol. The van der Waals surface area contributed by atoms with Crippen LogP contribution >= 0.6 is 50.1 Å². The Kier molecular flexibility index (Phi) is 4.01. The van der Waals surface area contributed by atoms with Crippen LogP contribution in [0.25, 0.3) is 0 Å². The maximum absolute atomic E-state index is 11.8. The van der Waals surface area contributed by atoms with Crippen LogP contribution in [0.1, 0.15) is 6.42 Å². The molecule has 1 atom stereocenters. The molecule has 1 saturated heterocycles. The van der Waals surface area contributed by atoms with Crippen molar-refractivity contribution in [1.82, 2.24) is 9.97 Å². The SMILES string of the molecule is O=C1CC(CBr)CN1c1nc(Cl)ncc1I. The Balaban J connectivity index is 2.30. The van der Waals surface area contributed by atoms with E-state index in [0.717, 1.165) is 8.90 Å². The number of amides is 1. The fraction of sp³-hybridized carbons (Fsp3) is 0.444. The third-order valence-electron chi connectivity index (χ3n) is 2.38. The van der Waals surface area contributed by atoms with Crippen molar-refractivity contribution in [2.24, 2.45) is 5.92 Å². The van der Waals surface area contributed by atoms with Crippen molar-refractivity contribution in [2.75, 3.05) is 16.8 Å². The van der Waals surface area contributed by atoms with Crippen molar-refractivity contribution >= 4 is 61.8 Å². The standard InChI is InChI=1S/C9H8BrClIN3O/c10-2-5-1-7(16)15(4-5)8-6(12)3-13-9(11)14-8/h3,5H,1-2,4H2. The molecule has 1 aliphatic rings. The Labute approximate surface area is 120 Å². The molecule has 0 bridgehead atoms. The number of anilines is 1. The fourth-order valence-electron chi connectivity index (χ4n) is 1.62. The second-order valence-corrected chi connectivity index (χ2v) is 5.69. The monoisotopic (exact) mass is 415 g/mol. The van der Waals surface area contributed by atoms with E-state index in [-0.39, 0.29) is 11.2 Å². The van der Waals surface area contributed by atoms with Gasteiger partial charge in [-0.05, 0) is 40.1 Å². The molecule has 0 saturated carbocycles. The number of nitrogens with zero attached hydrogens (tertiary/aromatic N) is 3. The predicted molar refractivity (Wildman–Crippen MR) is 74.0 cm³/mol. The Hall–Kier alpha value is 0.0500. The molecule has 16 heavy (non-hydrogen) atoms. The highest BCUT2D eigenvalue weighted by Gasteiger charge is 2.31. The highest BCUT2D eigenvalue weighted by Crippen LogP contribution is 2.28. The van der Waals surface area contributed by atoms with Crippen molar-refractivity contribution < 1.29 is 4.79 Å². The average molecular weight is 416 g/mol. The molecule has 0 aliphatic carbocycles. The molecule has 1 amide bonds. The molecule has 4 nitrogen and oxygen atoms in total. The van der Waals surface area contributed by atoms with E-state index in [1.807, 2.05) is 0 Å². The van der Waals surface area contributed by atoms with Crippen LogP contribution in [0.3, 0.4) is 0 Å². The van der Waals surface area contributed by atoms with E-state index < -0.39 is 0 Å². The highest BCUT2D eigenvalue weighted by atomic mass is 127. The molecule has 0 spiro atoms. The zero-order valence-electron chi connectivity index (χ0n) is 8.16. The fourth-order valence-corrected chi connectivity index (χ4v) is 2.73. The van der Waals surface area contributed by atoms with Gasteiger partial charge in [-0.2, -0.15) is 4.98 Å². The second kappa shape index (κ2) is 5.14. The van der Waals surface area contributed by atoms with Crippen molar-refractivity contribution in [3.8, 4) is 0 Å². The van der Waals surface area contributed by atoms with E-state index in [2.05, 4.69) is 48.5 Å². The summed E-state index contributed by atoms with van der Waals surface area (Å²) in [5, 5.41) is 0.996. The van der Waals surface area contributed by atoms with Gasteiger partial charge >= 0.3 is 0 Å². The normalized spacial score (nSPS) is 20.6. The lowest BCUT2D eigenvalue weighted by atomic mass is 10.2. The summed E-state index contributed by atoms with van der Waals surface area (Å²) in [5.41, 5.74) is 0. The first-order valence-corrected chi connectivity index (χ1v) is 7.24. The lowest BCUT2D eigenvalue weighted by Crippen LogP contribution is -2.26. The molecule has 1 aromatic heterocycles. The van der Waals surface area contributed by atoms with Crippen molar-refractivity contribution in [3.05, 3.63) is 15.1 Å². The van der Waals surface area contributed by atoms with E-state index in [4.69, 9.17) is 11.6 Å². The van der Waals surface area contributed by atoms with E-state index in [1.54, 1.807) is 11.1 Å². The summed E-state index contributed by atoms with van der Waals surface area (Å²) in [5.74, 6) is 1.06. The van der Waals surface area contributed by atoms with Crippen LogP contribution in [-0.4, -0.2) is 27.7 Å². The smallest absolute Gasteiger partial charge is 0.228 e. The number of rotatable bonds is 2. The molecule has 7 heteroatoms. The van der Waals surface area contributed by atoms with Gasteiger partial charge in [0.15, 0.2) is 5.82 Å². The Bertz CT molecular complexity index is 431. The average Bonchev–Trinajstić information content (AvgIpc) is 2.63. The third kappa shape index (κ3) is 2.48. The van der Waals surface area contributed by atoms with Crippen molar-refractivity contribution in [3.63, 3.8) is 0 Å². The van der Waals surface area contributed by atoms with Gasteiger partial charge in [0.2, 0.25) is 11.2 Å². The first kappa shape index (κ1) is 12.5. The minimum Gasteiger partial charge on any atom is -0.295 e. The largest absolute Gasteiger partial charge is 0.295 e. The number of carbonyl (C=O) groups is 1. The minimum absolute atomic E-state index is 0.0946. The molecule has 0 aromatic carbocycles. The lowest BCUT2D eigenvalue weighted by molar-refractivity contribution is -0.117. The summed E-state index contributed by atoms with van der Waals surface area (Å²) in [4.78, 5) is 21.5. The van der Waals surface area contributed by atoms with Crippen molar-refractivity contribution in [2.45, 2.75) is 6.42 Å². The van der Waals surface area contributed by atoms with Crippen LogP contribution in [-0.2, 0) is 4.79 Å². The van der Waals surface area contributed by atoms with Gasteiger partial charge in [-0.1, -0.05) is 15.9 Å². The molecule has 0 N–H and O–H groups in total. The maximum Gasteiger partial charge on any atom is 0.228 e. The molecule has 86 valence electrons. The van der Waals surface area contributed by atoms with E-state index in [9.17, 15) is 4.79 Å². The quantitative estimate of drug-likeness (QED) is 0.423. The van der Waals surface area contributed by atoms with Gasteiger partial charge in [-0.25, -0.2) is 4.98 Å². The van der Waals surface area contributed by atoms with Crippen LogP contribution in [0, 0.1) is 9.49 Å². The van der Waals surface area contributed by atoms with E-state index >= 15 is 0 Å². The Morgan fingerprint density at radius 2 is 2.44 bits per heavy atom. The molecule has 1 unspecified atom stereocenters. The van der Waals surface area contributed by atoms with E-state index in [1.165, 1.54) is 0 Å². The van der Waals surface area contributed by atoms with Gasteiger partial charge in [0.1, 0.15) is 0 Å². The summed E-state index contributed by atoms with van der Waals surface area (Å²) in [6.07, 6.45) is 2.18. The summed E-state index contributed by atoms with van der Waals surface area (Å²) in [6, 6.07) is 0. The number of hydrogen-bond acceptors (Lipinski definition) is 3. The zero-order valence-corrected chi connectivity index (χ0v) is 12.7. The summed E-state index contributed by atoms with van der Waals surface area (Å²) >= 11 is 11.2. The number of carbonyl (C=O) groups excluding carboxylic acids is 1. The molecular formula is C9H8BrClIN3O. The molecule has 1 aromatic rings. The first-order valence-electron chi connectivity index (χ1n) is 4.66. The topological polar surface area (TPSA) is 46.1 Å². The summed E-state index contributed by atoms with van der Waals surface area (Å²) < 4.78 is 0.838. The van der Waals surface area contributed by atoms with Gasteiger partial charge in [-0.3, -0.25) is 9.69 Å². The molecule has 1 fully saturated rings. The summed E-state index contributed by atoms with van der Waals surface area (Å²) in [7, 11) is 0. The second-order valence-electron chi connectivity index (χ2n) is 3.54. The molecule has 0 radical (unpaired) electrons. The van der Waals surface area contributed by atoms with Gasteiger partial charge in [0, 0.05) is 24.5 Å².